The lowest BCUT2D eigenvalue weighted by molar-refractivity contribution is -0.0625. The van der Waals surface area contributed by atoms with Gasteiger partial charge in [0, 0.05) is 40.0 Å². The molecule has 1 aliphatic rings. The summed E-state index contributed by atoms with van der Waals surface area (Å²) in [5.41, 5.74) is 0.0233. The van der Waals surface area contributed by atoms with E-state index in [9.17, 15) is 5.11 Å². The van der Waals surface area contributed by atoms with Crippen molar-refractivity contribution in [3.05, 3.63) is 0 Å². The molecule has 19 heavy (non-hydrogen) atoms. The van der Waals surface area contributed by atoms with Gasteiger partial charge in [-0.3, -0.25) is 4.90 Å². The molecule has 0 spiro atoms. The molecule has 1 N–H and O–H groups in total. The van der Waals surface area contributed by atoms with E-state index in [1.807, 2.05) is 0 Å². The fourth-order valence-electron chi connectivity index (χ4n) is 3.04. The van der Waals surface area contributed by atoms with E-state index in [1.54, 1.807) is 14.2 Å². The first-order valence-electron chi connectivity index (χ1n) is 7.43. The number of aliphatic hydroxyl groups is 1. The molecule has 1 aliphatic carbocycles. The van der Waals surface area contributed by atoms with Crippen LogP contribution in [0.15, 0.2) is 0 Å². The van der Waals surface area contributed by atoms with Crippen molar-refractivity contribution in [1.82, 2.24) is 4.90 Å². The molecular formula is C15H31NO3. The summed E-state index contributed by atoms with van der Waals surface area (Å²) >= 11 is 0. The Kier molecular flexibility index (Phi) is 7.29. The molecule has 4 heteroatoms. The average Bonchev–Trinajstić information content (AvgIpc) is 2.37. The first kappa shape index (κ1) is 16.9. The van der Waals surface area contributed by atoms with Crippen LogP contribution in [-0.2, 0) is 9.47 Å². The van der Waals surface area contributed by atoms with Crippen LogP contribution in [0.1, 0.15) is 39.5 Å². The fraction of sp³-hybridized carbons (Fsp3) is 1.00. The second-order valence-electron chi connectivity index (χ2n) is 6.27. The number of aliphatic hydroxyl groups excluding tert-OH is 1. The molecule has 114 valence electrons. The van der Waals surface area contributed by atoms with Gasteiger partial charge in [0.25, 0.3) is 0 Å². The minimum absolute atomic E-state index is 0.0233. The lowest BCUT2D eigenvalue weighted by atomic mass is 9.72. The van der Waals surface area contributed by atoms with Crippen molar-refractivity contribution in [2.45, 2.75) is 51.7 Å². The Bertz CT molecular complexity index is 246. The van der Waals surface area contributed by atoms with Crippen molar-refractivity contribution >= 4 is 0 Å². The van der Waals surface area contributed by atoms with E-state index in [0.29, 0.717) is 0 Å². The smallest absolute Gasteiger partial charge is 0.0746 e. The molecule has 0 aromatic rings. The number of rotatable bonds is 8. The highest BCUT2D eigenvalue weighted by Gasteiger charge is 2.40. The maximum atomic E-state index is 10.6. The molecule has 0 bridgehead atoms. The van der Waals surface area contributed by atoms with E-state index in [1.165, 1.54) is 6.42 Å². The molecule has 0 aliphatic heterocycles. The molecule has 0 aromatic carbocycles. The minimum Gasteiger partial charge on any atom is -0.391 e. The number of nitrogens with zero attached hydrogens (tertiary/aromatic N) is 1. The molecule has 4 nitrogen and oxygen atoms in total. The van der Waals surface area contributed by atoms with Gasteiger partial charge in [-0.15, -0.1) is 0 Å². The Morgan fingerprint density at radius 3 is 2.47 bits per heavy atom. The molecule has 0 amide bonds. The van der Waals surface area contributed by atoms with Gasteiger partial charge in [-0.2, -0.15) is 0 Å². The second-order valence-corrected chi connectivity index (χ2v) is 6.27. The highest BCUT2D eigenvalue weighted by Crippen LogP contribution is 2.37. The van der Waals surface area contributed by atoms with Crippen molar-refractivity contribution < 1.29 is 14.6 Å². The number of hydrogen-bond donors (Lipinski definition) is 1. The molecule has 2 unspecified atom stereocenters. The summed E-state index contributed by atoms with van der Waals surface area (Å²) in [6.45, 7) is 7.69. The Morgan fingerprint density at radius 2 is 1.84 bits per heavy atom. The van der Waals surface area contributed by atoms with E-state index in [-0.39, 0.29) is 17.6 Å². The van der Waals surface area contributed by atoms with Crippen molar-refractivity contribution in [1.29, 1.82) is 0 Å². The quantitative estimate of drug-likeness (QED) is 0.686. The zero-order valence-corrected chi connectivity index (χ0v) is 13.0. The topological polar surface area (TPSA) is 41.9 Å². The molecular weight excluding hydrogens is 242 g/mol. The summed E-state index contributed by atoms with van der Waals surface area (Å²) in [5.74, 6) is 0. The average molecular weight is 273 g/mol. The minimum atomic E-state index is -0.249. The zero-order valence-electron chi connectivity index (χ0n) is 13.0. The van der Waals surface area contributed by atoms with Crippen molar-refractivity contribution in [3.8, 4) is 0 Å². The van der Waals surface area contributed by atoms with Crippen LogP contribution < -0.4 is 0 Å². The van der Waals surface area contributed by atoms with Gasteiger partial charge < -0.3 is 14.6 Å². The summed E-state index contributed by atoms with van der Waals surface area (Å²) in [4.78, 5) is 2.38. The van der Waals surface area contributed by atoms with Gasteiger partial charge in [0.2, 0.25) is 0 Å². The Morgan fingerprint density at radius 1 is 1.16 bits per heavy atom. The Hall–Kier alpha value is -0.160. The van der Waals surface area contributed by atoms with Crippen LogP contribution in [0.3, 0.4) is 0 Å². The molecule has 0 radical (unpaired) electrons. The lowest BCUT2D eigenvalue weighted by Crippen LogP contribution is -2.53. The first-order valence-corrected chi connectivity index (χ1v) is 7.43. The highest BCUT2D eigenvalue weighted by atomic mass is 16.5. The maximum Gasteiger partial charge on any atom is 0.0746 e. The predicted octanol–water partition coefficient (Wildman–Crippen LogP) is 1.91. The largest absolute Gasteiger partial charge is 0.391 e. The van der Waals surface area contributed by atoms with Gasteiger partial charge in [-0.1, -0.05) is 20.3 Å². The SMILES string of the molecule is COCCCN(CCOC)C1CCCC(C)(C)C1O. The van der Waals surface area contributed by atoms with E-state index < -0.39 is 0 Å². The van der Waals surface area contributed by atoms with Crippen molar-refractivity contribution in [2.75, 3.05) is 40.5 Å². The third-order valence-electron chi connectivity index (χ3n) is 4.33. The predicted molar refractivity (Wildman–Crippen MR) is 77.4 cm³/mol. The third-order valence-corrected chi connectivity index (χ3v) is 4.33. The molecule has 0 aromatic heterocycles. The third kappa shape index (κ3) is 5.03. The van der Waals surface area contributed by atoms with Gasteiger partial charge in [0.15, 0.2) is 0 Å². The normalized spacial score (nSPS) is 26.8. The lowest BCUT2D eigenvalue weighted by Gasteiger charge is -2.45. The van der Waals surface area contributed by atoms with Gasteiger partial charge in [0.05, 0.1) is 12.7 Å². The van der Waals surface area contributed by atoms with Gasteiger partial charge in [0.1, 0.15) is 0 Å². The van der Waals surface area contributed by atoms with E-state index in [2.05, 4.69) is 18.7 Å². The van der Waals surface area contributed by atoms with Crippen LogP contribution in [0.2, 0.25) is 0 Å². The Balaban J connectivity index is 2.60. The Labute approximate surface area is 118 Å². The van der Waals surface area contributed by atoms with E-state index in [4.69, 9.17) is 9.47 Å². The van der Waals surface area contributed by atoms with Crippen LogP contribution >= 0.6 is 0 Å². The van der Waals surface area contributed by atoms with Crippen LogP contribution in [0, 0.1) is 5.41 Å². The molecule has 1 saturated carbocycles. The van der Waals surface area contributed by atoms with Crippen molar-refractivity contribution in [2.24, 2.45) is 5.41 Å². The van der Waals surface area contributed by atoms with Gasteiger partial charge >= 0.3 is 0 Å². The molecule has 1 fully saturated rings. The standard InChI is InChI=1S/C15H31NO3/c1-15(2)8-5-7-13(14(15)17)16(10-12-19-4)9-6-11-18-3/h13-14,17H,5-12H2,1-4H3. The highest BCUT2D eigenvalue weighted by molar-refractivity contribution is 4.93. The van der Waals surface area contributed by atoms with Crippen LogP contribution in [0.25, 0.3) is 0 Å². The number of ether oxygens (including phenoxy) is 2. The second kappa shape index (κ2) is 8.20. The number of hydrogen-bond acceptors (Lipinski definition) is 4. The number of methoxy groups -OCH3 is 2. The maximum absolute atomic E-state index is 10.6. The van der Waals surface area contributed by atoms with Gasteiger partial charge in [-0.05, 0) is 24.7 Å². The molecule has 0 saturated heterocycles. The summed E-state index contributed by atoms with van der Waals surface area (Å²) in [5, 5.41) is 10.6. The monoisotopic (exact) mass is 273 g/mol. The zero-order chi connectivity index (χ0) is 14.3. The van der Waals surface area contributed by atoms with E-state index in [0.717, 1.165) is 45.6 Å². The molecule has 1 rings (SSSR count). The summed E-state index contributed by atoms with van der Waals surface area (Å²) in [6, 6.07) is 0.260. The van der Waals surface area contributed by atoms with Crippen LogP contribution in [0.5, 0.6) is 0 Å². The molecule has 0 heterocycles. The van der Waals surface area contributed by atoms with Crippen molar-refractivity contribution in [3.63, 3.8) is 0 Å². The van der Waals surface area contributed by atoms with Crippen LogP contribution in [0.4, 0.5) is 0 Å². The summed E-state index contributed by atoms with van der Waals surface area (Å²) in [7, 11) is 3.46. The molecule has 2 atom stereocenters. The van der Waals surface area contributed by atoms with Crippen LogP contribution in [-0.4, -0.2) is 62.7 Å². The first-order chi connectivity index (χ1) is 9.03. The summed E-state index contributed by atoms with van der Waals surface area (Å²) < 4.78 is 10.3. The summed E-state index contributed by atoms with van der Waals surface area (Å²) in [6.07, 6.45) is 4.15. The van der Waals surface area contributed by atoms with E-state index >= 15 is 0 Å². The fourth-order valence-corrected chi connectivity index (χ4v) is 3.04. The van der Waals surface area contributed by atoms with Gasteiger partial charge in [-0.25, -0.2) is 0 Å².